The van der Waals surface area contributed by atoms with Gasteiger partial charge in [0.1, 0.15) is 5.25 Å². The van der Waals surface area contributed by atoms with Gasteiger partial charge >= 0.3 is 0 Å². The van der Waals surface area contributed by atoms with Gasteiger partial charge in [-0.1, -0.05) is 18.3 Å². The van der Waals surface area contributed by atoms with E-state index in [0.717, 1.165) is 12.8 Å². The molecule has 0 spiro atoms. The molecule has 4 heteroatoms. The van der Waals surface area contributed by atoms with Crippen molar-refractivity contribution in [2.24, 2.45) is 0 Å². The molecule has 0 aliphatic carbocycles. The van der Waals surface area contributed by atoms with Crippen molar-refractivity contribution in [2.75, 3.05) is 19.3 Å². The average Bonchev–Trinajstić information content (AvgIpc) is 2.08. The van der Waals surface area contributed by atoms with Gasteiger partial charge in [0.25, 0.3) is 0 Å². The molecule has 0 aromatic heterocycles. The molecule has 1 unspecified atom stereocenters. The molecule has 1 aliphatic heterocycles. The third-order valence-corrected chi connectivity index (χ3v) is 4.19. The fourth-order valence-electron chi connectivity index (χ4n) is 1.37. The van der Waals surface area contributed by atoms with Crippen molar-refractivity contribution in [3.8, 4) is 11.8 Å². The molecule has 1 rings (SSSR count). The van der Waals surface area contributed by atoms with E-state index in [9.17, 15) is 8.42 Å². The molecule has 0 aromatic carbocycles. The fourth-order valence-corrected chi connectivity index (χ4v) is 3.05. The van der Waals surface area contributed by atoms with Crippen LogP contribution in [0.3, 0.4) is 0 Å². The highest BCUT2D eigenvalue weighted by molar-refractivity contribution is 7.92. The lowest BCUT2D eigenvalue weighted by Gasteiger charge is -2.16. The molecule has 74 valence electrons. The number of nitrogens with one attached hydrogen (secondary N) is 1. The summed E-state index contributed by atoms with van der Waals surface area (Å²) in [5, 5.41) is 2.46. The summed E-state index contributed by atoms with van der Waals surface area (Å²) < 4.78 is 22.9. The zero-order valence-corrected chi connectivity index (χ0v) is 8.65. The van der Waals surface area contributed by atoms with Gasteiger partial charge in [0.2, 0.25) is 0 Å². The Morgan fingerprint density at radius 3 is 2.85 bits per heavy atom. The second-order valence-corrected chi connectivity index (χ2v) is 5.51. The van der Waals surface area contributed by atoms with Crippen LogP contribution in [0.1, 0.15) is 19.3 Å². The largest absolute Gasteiger partial charge is 0.309 e. The second kappa shape index (κ2) is 4.64. The number of hydrogen-bond donors (Lipinski definition) is 1. The lowest BCUT2D eigenvalue weighted by molar-refractivity contribution is 0.562. The van der Waals surface area contributed by atoms with E-state index in [1.807, 2.05) is 0 Å². The molecule has 1 N–H and O–H groups in total. The third-order valence-electron chi connectivity index (χ3n) is 2.11. The predicted molar refractivity (Wildman–Crippen MR) is 53.1 cm³/mol. The minimum Gasteiger partial charge on any atom is -0.309 e. The van der Waals surface area contributed by atoms with Gasteiger partial charge in [-0.15, -0.1) is 0 Å². The number of sulfone groups is 1. The smallest absolute Gasteiger partial charge is 0.164 e. The molecule has 1 heterocycles. The average molecular weight is 201 g/mol. The Morgan fingerprint density at radius 1 is 1.46 bits per heavy atom. The molecule has 1 fully saturated rings. The SMILES string of the molecule is CNCC#CC1CCCCS1(=O)=O. The van der Waals surface area contributed by atoms with Crippen LogP contribution in [0.2, 0.25) is 0 Å². The molecule has 3 nitrogen and oxygen atoms in total. The Hall–Kier alpha value is -0.530. The van der Waals surface area contributed by atoms with Crippen LogP contribution in [-0.4, -0.2) is 33.0 Å². The van der Waals surface area contributed by atoms with Crippen molar-refractivity contribution in [3.63, 3.8) is 0 Å². The Kier molecular flexibility index (Phi) is 3.76. The topological polar surface area (TPSA) is 46.2 Å². The molecular weight excluding hydrogens is 186 g/mol. The molecule has 0 bridgehead atoms. The van der Waals surface area contributed by atoms with E-state index < -0.39 is 15.1 Å². The maximum atomic E-state index is 11.5. The zero-order chi connectivity index (χ0) is 9.73. The van der Waals surface area contributed by atoms with Gasteiger partial charge in [-0.05, 0) is 19.9 Å². The summed E-state index contributed by atoms with van der Waals surface area (Å²) in [4.78, 5) is 0. The molecular formula is C9H15NO2S. The van der Waals surface area contributed by atoms with Crippen LogP contribution in [0.25, 0.3) is 0 Å². The van der Waals surface area contributed by atoms with E-state index >= 15 is 0 Å². The first-order chi connectivity index (χ1) is 6.17. The molecule has 13 heavy (non-hydrogen) atoms. The molecule has 1 saturated heterocycles. The highest BCUT2D eigenvalue weighted by Crippen LogP contribution is 2.18. The summed E-state index contributed by atoms with van der Waals surface area (Å²) in [7, 11) is -1.11. The van der Waals surface area contributed by atoms with Crippen molar-refractivity contribution in [2.45, 2.75) is 24.5 Å². The summed E-state index contributed by atoms with van der Waals surface area (Å²) in [5.41, 5.74) is 0. The van der Waals surface area contributed by atoms with Crippen LogP contribution in [0.4, 0.5) is 0 Å². The molecule has 1 atom stereocenters. The normalized spacial score (nSPS) is 26.1. The lowest BCUT2D eigenvalue weighted by Crippen LogP contribution is -2.27. The van der Waals surface area contributed by atoms with E-state index in [1.54, 1.807) is 7.05 Å². The summed E-state index contributed by atoms with van der Waals surface area (Å²) in [5.74, 6) is 5.94. The third kappa shape index (κ3) is 3.02. The maximum Gasteiger partial charge on any atom is 0.164 e. The Morgan fingerprint density at radius 2 is 2.23 bits per heavy atom. The van der Waals surface area contributed by atoms with Gasteiger partial charge in [0, 0.05) is 0 Å². The van der Waals surface area contributed by atoms with Gasteiger partial charge in [-0.25, -0.2) is 8.42 Å². The van der Waals surface area contributed by atoms with Crippen LogP contribution in [0.15, 0.2) is 0 Å². The standard InChI is InChI=1S/C9H15NO2S/c1-10-7-4-6-9-5-2-3-8-13(9,11)12/h9-10H,2-3,5,7-8H2,1H3. The van der Waals surface area contributed by atoms with Crippen LogP contribution >= 0.6 is 0 Å². The highest BCUT2D eigenvalue weighted by atomic mass is 32.2. The first kappa shape index (κ1) is 10.6. The van der Waals surface area contributed by atoms with Crippen LogP contribution in [-0.2, 0) is 9.84 Å². The van der Waals surface area contributed by atoms with Crippen LogP contribution in [0, 0.1) is 11.8 Å². The van der Waals surface area contributed by atoms with Crippen LogP contribution in [0.5, 0.6) is 0 Å². The molecule has 0 radical (unpaired) electrons. The molecule has 0 amide bonds. The fraction of sp³-hybridized carbons (Fsp3) is 0.778. The maximum absolute atomic E-state index is 11.5. The minimum absolute atomic E-state index is 0.311. The Balaban J connectivity index is 2.63. The molecule has 0 aromatic rings. The van der Waals surface area contributed by atoms with Crippen molar-refractivity contribution in [1.82, 2.24) is 5.32 Å². The summed E-state index contributed by atoms with van der Waals surface area (Å²) in [6.07, 6.45) is 2.49. The van der Waals surface area contributed by atoms with Crippen molar-refractivity contribution in [1.29, 1.82) is 0 Å². The first-order valence-electron chi connectivity index (χ1n) is 4.51. The van der Waals surface area contributed by atoms with E-state index in [2.05, 4.69) is 17.2 Å². The van der Waals surface area contributed by atoms with Gasteiger partial charge in [-0.3, -0.25) is 0 Å². The van der Waals surface area contributed by atoms with E-state index in [-0.39, 0.29) is 0 Å². The van der Waals surface area contributed by atoms with E-state index in [1.165, 1.54) is 0 Å². The lowest BCUT2D eigenvalue weighted by atomic mass is 10.2. The Labute approximate surface area is 79.8 Å². The van der Waals surface area contributed by atoms with Crippen molar-refractivity contribution >= 4 is 9.84 Å². The summed E-state index contributed by atoms with van der Waals surface area (Å²) in [6, 6.07) is 0. The molecule has 0 saturated carbocycles. The highest BCUT2D eigenvalue weighted by Gasteiger charge is 2.26. The van der Waals surface area contributed by atoms with Crippen molar-refractivity contribution in [3.05, 3.63) is 0 Å². The van der Waals surface area contributed by atoms with Gasteiger partial charge < -0.3 is 5.32 Å². The monoisotopic (exact) mass is 201 g/mol. The number of rotatable bonds is 1. The van der Waals surface area contributed by atoms with E-state index in [4.69, 9.17) is 0 Å². The first-order valence-corrected chi connectivity index (χ1v) is 6.23. The van der Waals surface area contributed by atoms with Gasteiger partial charge in [0.15, 0.2) is 9.84 Å². The van der Waals surface area contributed by atoms with Gasteiger partial charge in [-0.2, -0.15) is 0 Å². The summed E-state index contributed by atoms with van der Waals surface area (Å²) >= 11 is 0. The Bertz CT molecular complexity index is 310. The van der Waals surface area contributed by atoms with E-state index in [0.29, 0.717) is 18.7 Å². The number of hydrogen-bond acceptors (Lipinski definition) is 3. The second-order valence-electron chi connectivity index (χ2n) is 3.20. The zero-order valence-electron chi connectivity index (χ0n) is 7.84. The van der Waals surface area contributed by atoms with Crippen LogP contribution < -0.4 is 5.32 Å². The van der Waals surface area contributed by atoms with Gasteiger partial charge in [0.05, 0.1) is 12.3 Å². The molecule has 1 aliphatic rings. The van der Waals surface area contributed by atoms with Crippen molar-refractivity contribution < 1.29 is 8.42 Å². The summed E-state index contributed by atoms with van der Waals surface area (Å²) in [6.45, 7) is 0.562. The minimum atomic E-state index is -2.91. The quantitative estimate of drug-likeness (QED) is 0.615. The predicted octanol–water partition coefficient (Wildman–Crippen LogP) is 0.177.